The summed E-state index contributed by atoms with van der Waals surface area (Å²) in [6.45, 7) is 5.78. The molecule has 1 aromatic rings. The Kier molecular flexibility index (Phi) is 6.75. The van der Waals surface area contributed by atoms with E-state index < -0.39 is 17.4 Å². The number of hydrogen-bond donors (Lipinski definition) is 1. The molecule has 0 saturated carbocycles. The number of rotatable bonds is 8. The van der Waals surface area contributed by atoms with E-state index in [9.17, 15) is 14.4 Å². The molecule has 0 aliphatic rings. The molecule has 0 bridgehead atoms. The summed E-state index contributed by atoms with van der Waals surface area (Å²) in [6.07, 6.45) is -0.401. The minimum atomic E-state index is -1.04. The van der Waals surface area contributed by atoms with Crippen LogP contribution >= 0.6 is 0 Å². The highest BCUT2D eigenvalue weighted by Crippen LogP contribution is 2.22. The van der Waals surface area contributed by atoms with E-state index >= 15 is 0 Å². The van der Waals surface area contributed by atoms with Crippen LogP contribution in [0.4, 0.5) is 0 Å². The number of benzene rings is 1. The zero-order chi connectivity index (χ0) is 17.5. The van der Waals surface area contributed by atoms with E-state index in [1.807, 2.05) is 20.8 Å². The quantitative estimate of drug-likeness (QED) is 0.449. The molecule has 0 spiro atoms. The summed E-state index contributed by atoms with van der Waals surface area (Å²) in [5.41, 5.74) is 0.178. The number of aliphatic carboxylic acids is 1. The number of ketones is 1. The largest absolute Gasteiger partial charge is 0.490 e. The van der Waals surface area contributed by atoms with E-state index in [0.717, 1.165) is 0 Å². The van der Waals surface area contributed by atoms with Crippen LogP contribution in [0.1, 0.15) is 44.0 Å². The third kappa shape index (κ3) is 6.95. The molecule has 0 unspecified atom stereocenters. The number of Topliss-reactive ketones (excluding diaryl/α,β-unsaturated/α-hetero) is 1. The Hall–Kier alpha value is -2.37. The second kappa shape index (κ2) is 8.31. The monoisotopic (exact) mass is 322 g/mol. The predicted octanol–water partition coefficient (Wildman–Crippen LogP) is 2.70. The fourth-order valence-electron chi connectivity index (χ4n) is 1.73. The Morgan fingerprint density at radius 1 is 1.00 bits per heavy atom. The highest BCUT2D eigenvalue weighted by atomic mass is 16.6. The average Bonchev–Trinajstić information content (AvgIpc) is 2.48. The van der Waals surface area contributed by atoms with Crippen LogP contribution in [0.2, 0.25) is 0 Å². The van der Waals surface area contributed by atoms with Gasteiger partial charge in [-0.15, -0.1) is 0 Å². The van der Waals surface area contributed by atoms with Crippen LogP contribution < -0.4 is 4.74 Å². The summed E-state index contributed by atoms with van der Waals surface area (Å²) in [5, 5.41) is 8.44. The Balaban J connectivity index is 2.35. The molecule has 1 rings (SSSR count). The lowest BCUT2D eigenvalue weighted by molar-refractivity contribution is -0.148. The molecule has 6 heteroatoms. The first-order valence-corrected chi connectivity index (χ1v) is 7.35. The number of carboxylic acid groups (broad SMARTS) is 1. The van der Waals surface area contributed by atoms with Crippen molar-refractivity contribution in [3.8, 4) is 5.75 Å². The normalized spacial score (nSPS) is 10.9. The minimum Gasteiger partial charge on any atom is -0.490 e. The summed E-state index contributed by atoms with van der Waals surface area (Å²) in [4.78, 5) is 33.6. The summed E-state index contributed by atoms with van der Waals surface area (Å²) < 4.78 is 10.2. The second-order valence-electron chi connectivity index (χ2n) is 6.07. The van der Waals surface area contributed by atoms with Crippen LogP contribution in [-0.4, -0.2) is 36.0 Å². The maximum absolute atomic E-state index is 12.1. The van der Waals surface area contributed by atoms with Crippen LogP contribution in [0, 0.1) is 5.41 Å². The van der Waals surface area contributed by atoms with Crippen LogP contribution in [0.5, 0.6) is 5.75 Å². The molecular weight excluding hydrogens is 300 g/mol. The van der Waals surface area contributed by atoms with Crippen molar-refractivity contribution in [1.29, 1.82) is 0 Å². The van der Waals surface area contributed by atoms with Crippen molar-refractivity contribution in [2.45, 2.75) is 33.6 Å². The average molecular weight is 322 g/mol. The molecule has 0 radical (unpaired) electrons. The molecule has 0 aromatic heterocycles. The highest BCUT2D eigenvalue weighted by molar-refractivity contribution is 5.99. The lowest BCUT2D eigenvalue weighted by Crippen LogP contribution is -2.20. The Bertz CT molecular complexity index is 553. The topological polar surface area (TPSA) is 89.9 Å². The fraction of sp³-hybridized carbons (Fsp3) is 0.471. The van der Waals surface area contributed by atoms with Crippen molar-refractivity contribution in [3.05, 3.63) is 29.8 Å². The molecule has 0 fully saturated rings. The lowest BCUT2D eigenvalue weighted by Gasteiger charge is -2.16. The van der Waals surface area contributed by atoms with Crippen molar-refractivity contribution in [3.63, 3.8) is 0 Å². The molecule has 0 heterocycles. The molecule has 0 aliphatic carbocycles. The van der Waals surface area contributed by atoms with Gasteiger partial charge in [-0.2, -0.15) is 0 Å². The highest BCUT2D eigenvalue weighted by Gasteiger charge is 2.22. The van der Waals surface area contributed by atoms with Crippen molar-refractivity contribution in [2.75, 3.05) is 13.2 Å². The van der Waals surface area contributed by atoms with Gasteiger partial charge < -0.3 is 14.6 Å². The van der Waals surface area contributed by atoms with Crippen LogP contribution in [0.3, 0.4) is 0 Å². The summed E-state index contributed by atoms with van der Waals surface area (Å²) in [7, 11) is 0. The molecule has 0 saturated heterocycles. The van der Waals surface area contributed by atoms with Gasteiger partial charge in [0.1, 0.15) is 19.0 Å². The molecular formula is C17H22O6. The van der Waals surface area contributed by atoms with Gasteiger partial charge in [0.25, 0.3) is 0 Å². The van der Waals surface area contributed by atoms with E-state index in [1.54, 1.807) is 24.3 Å². The van der Waals surface area contributed by atoms with E-state index in [2.05, 4.69) is 0 Å². The number of carboxylic acids is 1. The van der Waals surface area contributed by atoms with Crippen molar-refractivity contribution in [2.24, 2.45) is 5.41 Å². The van der Waals surface area contributed by atoms with E-state index in [4.69, 9.17) is 14.6 Å². The molecule has 23 heavy (non-hydrogen) atoms. The third-order valence-electron chi connectivity index (χ3n) is 2.96. The molecule has 0 atom stereocenters. The number of hydrogen-bond acceptors (Lipinski definition) is 5. The van der Waals surface area contributed by atoms with E-state index in [-0.39, 0.29) is 31.8 Å². The van der Waals surface area contributed by atoms with Gasteiger partial charge in [-0.05, 0) is 24.3 Å². The van der Waals surface area contributed by atoms with Gasteiger partial charge in [-0.25, -0.2) is 0 Å². The van der Waals surface area contributed by atoms with Crippen LogP contribution in [-0.2, 0) is 14.3 Å². The van der Waals surface area contributed by atoms with Crippen molar-refractivity contribution in [1.82, 2.24) is 0 Å². The Labute approximate surface area is 135 Å². The van der Waals surface area contributed by atoms with Crippen molar-refractivity contribution < 1.29 is 29.0 Å². The molecule has 126 valence electrons. The van der Waals surface area contributed by atoms with Crippen LogP contribution in [0.15, 0.2) is 24.3 Å². The fourth-order valence-corrected chi connectivity index (χ4v) is 1.73. The predicted molar refractivity (Wildman–Crippen MR) is 83.6 cm³/mol. The first kappa shape index (κ1) is 18.7. The van der Waals surface area contributed by atoms with E-state index in [1.165, 1.54) is 0 Å². The smallest absolute Gasteiger partial charge is 0.306 e. The van der Waals surface area contributed by atoms with Gasteiger partial charge in [-0.3, -0.25) is 14.4 Å². The molecule has 6 nitrogen and oxygen atoms in total. The van der Waals surface area contributed by atoms with E-state index in [0.29, 0.717) is 11.3 Å². The summed E-state index contributed by atoms with van der Waals surface area (Å²) in [5.74, 6) is -0.987. The van der Waals surface area contributed by atoms with Crippen molar-refractivity contribution >= 4 is 17.7 Å². The summed E-state index contributed by atoms with van der Waals surface area (Å²) in [6, 6.07) is 6.76. The second-order valence-corrected chi connectivity index (χ2v) is 6.07. The van der Waals surface area contributed by atoms with Gasteiger partial charge in [0, 0.05) is 11.0 Å². The minimum absolute atomic E-state index is 0.0428. The maximum atomic E-state index is 12.1. The molecule has 1 aromatic carbocycles. The van der Waals surface area contributed by atoms with Gasteiger partial charge in [0.2, 0.25) is 0 Å². The Morgan fingerprint density at radius 3 is 2.13 bits per heavy atom. The number of ether oxygens (including phenoxy) is 2. The standard InChI is InChI=1S/C17H22O6/c1-17(2,3)16(21)12-4-6-13(7-5-12)22-10-11-23-15(20)9-8-14(18)19/h4-7H,8-11H2,1-3H3,(H,18,19). The Morgan fingerprint density at radius 2 is 1.61 bits per heavy atom. The van der Waals surface area contributed by atoms with Gasteiger partial charge in [0.05, 0.1) is 12.8 Å². The number of carbonyl (C=O) groups is 3. The summed E-state index contributed by atoms with van der Waals surface area (Å²) >= 11 is 0. The first-order chi connectivity index (χ1) is 10.7. The maximum Gasteiger partial charge on any atom is 0.306 e. The molecule has 0 aliphatic heterocycles. The number of esters is 1. The number of carbonyl (C=O) groups excluding carboxylic acids is 2. The lowest BCUT2D eigenvalue weighted by atomic mass is 9.86. The molecule has 1 N–H and O–H groups in total. The molecule has 0 amide bonds. The SMILES string of the molecule is CC(C)(C)C(=O)c1ccc(OCCOC(=O)CCC(=O)O)cc1. The zero-order valence-corrected chi connectivity index (χ0v) is 13.6. The van der Waals surface area contributed by atoms with Gasteiger partial charge >= 0.3 is 11.9 Å². The first-order valence-electron chi connectivity index (χ1n) is 7.35. The van der Waals surface area contributed by atoms with Gasteiger partial charge in [-0.1, -0.05) is 20.8 Å². The van der Waals surface area contributed by atoms with Crippen LogP contribution in [0.25, 0.3) is 0 Å². The third-order valence-corrected chi connectivity index (χ3v) is 2.96. The van der Waals surface area contributed by atoms with Gasteiger partial charge in [0.15, 0.2) is 5.78 Å². The zero-order valence-electron chi connectivity index (χ0n) is 13.6.